The highest BCUT2D eigenvalue weighted by Gasteiger charge is 1.97. The Morgan fingerprint density at radius 2 is 1.92 bits per heavy atom. The van der Waals surface area contributed by atoms with Crippen LogP contribution in [0.15, 0.2) is 24.3 Å². The van der Waals surface area contributed by atoms with E-state index in [9.17, 15) is 5.11 Å². The lowest BCUT2D eigenvalue weighted by Crippen LogP contribution is -3.11. The van der Waals surface area contributed by atoms with Crippen LogP contribution in [0, 0.1) is 0 Å². The van der Waals surface area contributed by atoms with Gasteiger partial charge in [-0.3, -0.25) is 0 Å². The Hall–Kier alpha value is -1.06. The molecule has 0 saturated carbocycles. The molecular formula is C10H15NO2. The summed E-state index contributed by atoms with van der Waals surface area (Å²) in [5.41, 5.74) is 1.16. The highest BCUT2D eigenvalue weighted by atomic mass is 16.3. The van der Waals surface area contributed by atoms with E-state index < -0.39 is 0 Å². The van der Waals surface area contributed by atoms with Crippen LogP contribution < -0.4 is 10.0 Å². The van der Waals surface area contributed by atoms with Crippen molar-refractivity contribution in [3.8, 4) is 5.75 Å². The largest absolute Gasteiger partial charge is 0.809 e. The number of likely N-dealkylation sites (N-methyl/N-ethyl adjacent to an activating group) is 1. The van der Waals surface area contributed by atoms with Crippen molar-refractivity contribution < 1.29 is 15.1 Å². The van der Waals surface area contributed by atoms with E-state index >= 15 is 0 Å². The third-order valence-corrected chi connectivity index (χ3v) is 2.02. The molecule has 3 nitrogen and oxygen atoms in total. The first-order valence-corrected chi connectivity index (χ1v) is 4.39. The summed E-state index contributed by atoms with van der Waals surface area (Å²) in [5, 5.41) is 19.5. The maximum Gasteiger partial charge on any atom is 0.115 e. The zero-order valence-corrected chi connectivity index (χ0v) is 7.79. The molecule has 1 aromatic carbocycles. The smallest absolute Gasteiger partial charge is 0.115 e. The summed E-state index contributed by atoms with van der Waals surface area (Å²) in [6, 6.07) is 7.10. The lowest BCUT2D eigenvalue weighted by Gasteiger charge is -2.16. The summed E-state index contributed by atoms with van der Waals surface area (Å²) in [4.78, 5) is 0.980. The molecule has 0 bridgehead atoms. The van der Waals surface area contributed by atoms with Gasteiger partial charge in [0.15, 0.2) is 0 Å². The van der Waals surface area contributed by atoms with E-state index in [1.165, 1.54) is 0 Å². The SMILES string of the molecule is C[NH+](C[O-])CCc1ccc(O)cc1. The van der Waals surface area contributed by atoms with Crippen LogP contribution in [0.25, 0.3) is 0 Å². The summed E-state index contributed by atoms with van der Waals surface area (Å²) in [6.45, 7) is 0.756. The van der Waals surface area contributed by atoms with Gasteiger partial charge in [0.25, 0.3) is 0 Å². The molecule has 1 aromatic rings. The Kier molecular flexibility index (Phi) is 3.73. The average molecular weight is 181 g/mol. The van der Waals surface area contributed by atoms with E-state index in [1.807, 2.05) is 19.2 Å². The van der Waals surface area contributed by atoms with Gasteiger partial charge in [0.1, 0.15) is 5.75 Å². The first-order chi connectivity index (χ1) is 6.22. The normalized spacial score (nSPS) is 12.8. The fourth-order valence-corrected chi connectivity index (χ4v) is 1.09. The third-order valence-electron chi connectivity index (χ3n) is 2.02. The lowest BCUT2D eigenvalue weighted by atomic mass is 10.1. The van der Waals surface area contributed by atoms with Crippen LogP contribution in [-0.2, 0) is 6.42 Å². The fourth-order valence-electron chi connectivity index (χ4n) is 1.09. The predicted molar refractivity (Wildman–Crippen MR) is 48.4 cm³/mol. The molecule has 0 radical (unpaired) electrons. The second-order valence-electron chi connectivity index (χ2n) is 3.27. The molecule has 0 aliphatic heterocycles. The highest BCUT2D eigenvalue weighted by Crippen LogP contribution is 2.09. The van der Waals surface area contributed by atoms with Crippen LogP contribution in [-0.4, -0.2) is 25.4 Å². The molecule has 3 heteroatoms. The number of nitrogens with one attached hydrogen (secondary N) is 1. The molecule has 0 aliphatic rings. The van der Waals surface area contributed by atoms with Gasteiger partial charge in [-0.05, 0) is 17.7 Å². The summed E-state index contributed by atoms with van der Waals surface area (Å²) < 4.78 is 0. The van der Waals surface area contributed by atoms with Crippen LogP contribution in [0.3, 0.4) is 0 Å². The van der Waals surface area contributed by atoms with Gasteiger partial charge in [-0.25, -0.2) is 0 Å². The quantitative estimate of drug-likeness (QED) is 0.571. The predicted octanol–water partition coefficient (Wildman–Crippen LogP) is -1.23. The van der Waals surface area contributed by atoms with Crippen molar-refractivity contribution in [1.82, 2.24) is 0 Å². The fraction of sp³-hybridized carbons (Fsp3) is 0.400. The Bertz CT molecular complexity index is 246. The Labute approximate surface area is 78.2 Å². The van der Waals surface area contributed by atoms with Crippen molar-refractivity contribution in [3.63, 3.8) is 0 Å². The van der Waals surface area contributed by atoms with E-state index in [1.54, 1.807) is 12.1 Å². The molecule has 0 saturated heterocycles. The van der Waals surface area contributed by atoms with Gasteiger partial charge in [0.2, 0.25) is 0 Å². The van der Waals surface area contributed by atoms with Crippen molar-refractivity contribution in [2.45, 2.75) is 6.42 Å². The van der Waals surface area contributed by atoms with Gasteiger partial charge in [0, 0.05) is 13.2 Å². The van der Waals surface area contributed by atoms with E-state index in [0.29, 0.717) is 0 Å². The minimum Gasteiger partial charge on any atom is -0.809 e. The van der Waals surface area contributed by atoms with Crippen molar-refractivity contribution in [2.24, 2.45) is 0 Å². The molecule has 0 heterocycles. The molecule has 72 valence electrons. The zero-order chi connectivity index (χ0) is 9.68. The molecule has 1 atom stereocenters. The molecule has 2 N–H and O–H groups in total. The molecule has 1 unspecified atom stereocenters. The molecule has 0 aliphatic carbocycles. The first kappa shape index (κ1) is 10.0. The second-order valence-corrected chi connectivity index (χ2v) is 3.27. The van der Waals surface area contributed by atoms with Crippen LogP contribution in [0.1, 0.15) is 5.56 Å². The monoisotopic (exact) mass is 181 g/mol. The van der Waals surface area contributed by atoms with Crippen molar-refractivity contribution in [3.05, 3.63) is 29.8 Å². The minimum absolute atomic E-state index is 0.0852. The summed E-state index contributed by atoms with van der Waals surface area (Å²) in [6.07, 6.45) is 0.883. The number of phenols is 1. The number of aromatic hydroxyl groups is 1. The molecule has 0 spiro atoms. The Morgan fingerprint density at radius 1 is 1.31 bits per heavy atom. The van der Waals surface area contributed by atoms with Crippen molar-refractivity contribution in [1.29, 1.82) is 0 Å². The molecule has 13 heavy (non-hydrogen) atoms. The van der Waals surface area contributed by atoms with Crippen molar-refractivity contribution in [2.75, 3.05) is 20.3 Å². The lowest BCUT2D eigenvalue weighted by molar-refractivity contribution is -0.944. The zero-order valence-electron chi connectivity index (χ0n) is 7.79. The molecule has 0 amide bonds. The maximum absolute atomic E-state index is 10.4. The van der Waals surface area contributed by atoms with Gasteiger partial charge < -0.3 is 15.1 Å². The second kappa shape index (κ2) is 4.84. The van der Waals surface area contributed by atoms with Crippen molar-refractivity contribution >= 4 is 0 Å². The first-order valence-electron chi connectivity index (χ1n) is 4.39. The average Bonchev–Trinajstić information content (AvgIpc) is 2.16. The number of benzene rings is 1. The number of hydrogen-bond donors (Lipinski definition) is 2. The van der Waals surface area contributed by atoms with Crippen LogP contribution in [0.2, 0.25) is 0 Å². The Balaban J connectivity index is 2.41. The third kappa shape index (κ3) is 3.44. The number of phenolic OH excluding ortho intramolecular Hbond substituents is 1. The van der Waals surface area contributed by atoms with Gasteiger partial charge >= 0.3 is 0 Å². The molecule has 0 fully saturated rings. The molecule has 0 aromatic heterocycles. The topological polar surface area (TPSA) is 47.7 Å². The number of hydrogen-bond acceptors (Lipinski definition) is 2. The summed E-state index contributed by atoms with van der Waals surface area (Å²) in [5.74, 6) is 0.285. The van der Waals surface area contributed by atoms with Crippen LogP contribution >= 0.6 is 0 Å². The van der Waals surface area contributed by atoms with Crippen LogP contribution in [0.5, 0.6) is 5.75 Å². The van der Waals surface area contributed by atoms with Crippen LogP contribution in [0.4, 0.5) is 0 Å². The van der Waals surface area contributed by atoms with Gasteiger partial charge in [-0.2, -0.15) is 0 Å². The van der Waals surface area contributed by atoms with E-state index in [-0.39, 0.29) is 12.5 Å². The van der Waals surface area contributed by atoms with E-state index in [4.69, 9.17) is 5.11 Å². The van der Waals surface area contributed by atoms with E-state index in [2.05, 4.69) is 0 Å². The van der Waals surface area contributed by atoms with E-state index in [0.717, 1.165) is 23.4 Å². The van der Waals surface area contributed by atoms with Gasteiger partial charge in [0.05, 0.1) is 13.6 Å². The standard InChI is InChI=1S/C10H14NO2/c1-11(8-12)7-6-9-2-4-10(13)5-3-9/h2-5,13H,6-8H2,1H3/q-1/p+1. The van der Waals surface area contributed by atoms with Gasteiger partial charge in [-0.15, -0.1) is 0 Å². The number of quaternary nitrogens is 1. The Morgan fingerprint density at radius 3 is 2.46 bits per heavy atom. The number of rotatable bonds is 4. The maximum atomic E-state index is 10.4. The highest BCUT2D eigenvalue weighted by molar-refractivity contribution is 5.25. The van der Waals surface area contributed by atoms with Gasteiger partial charge in [-0.1, -0.05) is 12.1 Å². The summed E-state index contributed by atoms with van der Waals surface area (Å²) in [7, 11) is 1.88. The molecule has 1 rings (SSSR count). The summed E-state index contributed by atoms with van der Waals surface area (Å²) >= 11 is 0. The molecular weight excluding hydrogens is 166 g/mol. The minimum atomic E-state index is -0.0852.